The molecule has 0 saturated carbocycles. The van der Waals surface area contributed by atoms with Crippen LogP contribution in [0.5, 0.6) is 5.75 Å². The van der Waals surface area contributed by atoms with Crippen LogP contribution in [0.1, 0.15) is 22.6 Å². The predicted molar refractivity (Wildman–Crippen MR) is 101 cm³/mol. The summed E-state index contributed by atoms with van der Waals surface area (Å²) in [5.41, 5.74) is 3.78. The van der Waals surface area contributed by atoms with Crippen molar-refractivity contribution < 1.29 is 13.5 Å². The van der Waals surface area contributed by atoms with Crippen molar-refractivity contribution in [1.82, 2.24) is 0 Å². The number of rotatable bonds is 2. The van der Waals surface area contributed by atoms with Crippen LogP contribution in [0.15, 0.2) is 57.5 Å². The van der Waals surface area contributed by atoms with Crippen LogP contribution in [-0.2, 0) is 0 Å². The van der Waals surface area contributed by atoms with Crippen LogP contribution in [-0.4, -0.2) is 7.11 Å². The van der Waals surface area contributed by atoms with E-state index in [1.165, 1.54) is 19.2 Å². The summed E-state index contributed by atoms with van der Waals surface area (Å²) in [4.78, 5) is 0. The fraction of sp³-hybridized carbons (Fsp3) is 0.100. The number of ether oxygens (including phenoxy) is 1. The minimum Gasteiger partial charge on any atom is -0.497 e. The molecule has 3 aromatic carbocycles. The van der Waals surface area contributed by atoms with Crippen molar-refractivity contribution in [3.05, 3.63) is 85.8 Å². The van der Waals surface area contributed by atoms with E-state index >= 15 is 0 Å². The van der Waals surface area contributed by atoms with Crippen LogP contribution in [0.3, 0.4) is 0 Å². The molecule has 1 aliphatic carbocycles. The minimum absolute atomic E-state index is 0.0467. The Labute approximate surface area is 160 Å². The Hall–Kier alpha value is -1.72. The molecular weight excluding hydrogens is 454 g/mol. The van der Waals surface area contributed by atoms with E-state index in [2.05, 4.69) is 31.9 Å². The third-order valence-corrected chi connectivity index (χ3v) is 5.51. The summed E-state index contributed by atoms with van der Waals surface area (Å²) < 4.78 is 36.3. The zero-order chi connectivity index (χ0) is 17.7. The van der Waals surface area contributed by atoms with Gasteiger partial charge in [-0.25, -0.2) is 8.78 Å². The number of halogens is 4. The molecule has 0 saturated heterocycles. The van der Waals surface area contributed by atoms with Crippen LogP contribution in [0.25, 0.3) is 11.1 Å². The summed E-state index contributed by atoms with van der Waals surface area (Å²) in [6.07, 6.45) is 0. The van der Waals surface area contributed by atoms with Gasteiger partial charge in [0.05, 0.1) is 7.11 Å². The van der Waals surface area contributed by atoms with Crippen molar-refractivity contribution in [1.29, 1.82) is 0 Å². The van der Waals surface area contributed by atoms with E-state index in [1.54, 1.807) is 0 Å². The molecular formula is C20H12Br2F2O. The van der Waals surface area contributed by atoms with Gasteiger partial charge in [0.25, 0.3) is 0 Å². The maximum atomic E-state index is 14.8. The first-order chi connectivity index (χ1) is 12.0. The Morgan fingerprint density at radius 2 is 1.28 bits per heavy atom. The molecule has 0 heterocycles. The first-order valence-corrected chi connectivity index (χ1v) is 9.20. The van der Waals surface area contributed by atoms with E-state index < -0.39 is 17.6 Å². The molecule has 1 aliphatic rings. The molecule has 126 valence electrons. The Balaban J connectivity index is 2.01. The van der Waals surface area contributed by atoms with Gasteiger partial charge >= 0.3 is 0 Å². The van der Waals surface area contributed by atoms with Gasteiger partial charge in [-0.2, -0.15) is 0 Å². The molecule has 0 amide bonds. The molecule has 4 rings (SSSR count). The van der Waals surface area contributed by atoms with Crippen molar-refractivity contribution in [2.24, 2.45) is 0 Å². The largest absolute Gasteiger partial charge is 0.497 e. The summed E-state index contributed by atoms with van der Waals surface area (Å²) >= 11 is 6.97. The molecule has 0 bridgehead atoms. The van der Waals surface area contributed by atoms with Crippen LogP contribution in [0, 0.1) is 11.6 Å². The van der Waals surface area contributed by atoms with Crippen molar-refractivity contribution in [3.63, 3.8) is 0 Å². The highest BCUT2D eigenvalue weighted by molar-refractivity contribution is 9.10. The summed E-state index contributed by atoms with van der Waals surface area (Å²) in [5.74, 6) is -1.53. The monoisotopic (exact) mass is 464 g/mol. The van der Waals surface area contributed by atoms with Gasteiger partial charge in [0.15, 0.2) is 0 Å². The fourth-order valence-corrected chi connectivity index (χ4v) is 4.18. The topological polar surface area (TPSA) is 9.23 Å². The molecule has 0 atom stereocenters. The van der Waals surface area contributed by atoms with E-state index in [0.29, 0.717) is 0 Å². The Bertz CT molecular complexity index is 926. The lowest BCUT2D eigenvalue weighted by molar-refractivity contribution is 0.405. The molecule has 0 spiro atoms. The van der Waals surface area contributed by atoms with E-state index in [0.717, 1.165) is 31.2 Å². The molecule has 0 N–H and O–H groups in total. The normalized spacial score (nSPS) is 12.8. The van der Waals surface area contributed by atoms with Gasteiger partial charge < -0.3 is 4.74 Å². The molecule has 0 fully saturated rings. The second-order valence-corrected chi connectivity index (χ2v) is 7.73. The van der Waals surface area contributed by atoms with E-state index in [-0.39, 0.29) is 11.3 Å². The third kappa shape index (κ3) is 2.70. The van der Waals surface area contributed by atoms with E-state index in [1.807, 2.05) is 36.4 Å². The Morgan fingerprint density at radius 3 is 1.72 bits per heavy atom. The predicted octanol–water partition coefficient (Wildman–Crippen LogP) is 6.66. The van der Waals surface area contributed by atoms with Gasteiger partial charge in [-0.15, -0.1) is 0 Å². The van der Waals surface area contributed by atoms with Crippen molar-refractivity contribution in [2.75, 3.05) is 7.11 Å². The highest BCUT2D eigenvalue weighted by Crippen LogP contribution is 2.50. The molecule has 25 heavy (non-hydrogen) atoms. The van der Waals surface area contributed by atoms with Crippen molar-refractivity contribution in [3.8, 4) is 16.9 Å². The average molecular weight is 466 g/mol. The first kappa shape index (κ1) is 16.7. The average Bonchev–Trinajstić information content (AvgIpc) is 2.87. The summed E-state index contributed by atoms with van der Waals surface area (Å²) in [6.45, 7) is 0. The van der Waals surface area contributed by atoms with Gasteiger partial charge in [-0.05, 0) is 46.5 Å². The first-order valence-electron chi connectivity index (χ1n) is 7.62. The standard InChI is InChI=1S/C20H12Br2F2O/c1-25-12-8-17(23)20(18(24)9-12)19-13-4-2-10(21)6-15(13)16-7-11(22)3-5-14(16)19/h2-9,19H,1H3. The van der Waals surface area contributed by atoms with Gasteiger partial charge in [0, 0.05) is 32.6 Å². The summed E-state index contributed by atoms with van der Waals surface area (Å²) in [7, 11) is 1.39. The maximum Gasteiger partial charge on any atom is 0.133 e. The fourth-order valence-electron chi connectivity index (χ4n) is 3.46. The lowest BCUT2D eigenvalue weighted by Gasteiger charge is -2.17. The van der Waals surface area contributed by atoms with Crippen LogP contribution < -0.4 is 4.74 Å². The molecule has 1 nitrogen and oxygen atoms in total. The highest BCUT2D eigenvalue weighted by Gasteiger charge is 2.34. The summed E-state index contributed by atoms with van der Waals surface area (Å²) in [5, 5.41) is 0. The number of fused-ring (bicyclic) bond motifs is 3. The quantitative estimate of drug-likeness (QED) is 0.321. The molecule has 0 aliphatic heterocycles. The summed E-state index contributed by atoms with van der Waals surface area (Å²) in [6, 6.07) is 14.1. The number of methoxy groups -OCH3 is 1. The molecule has 0 unspecified atom stereocenters. The maximum absolute atomic E-state index is 14.8. The van der Waals surface area contributed by atoms with Gasteiger partial charge in [-0.1, -0.05) is 44.0 Å². The van der Waals surface area contributed by atoms with Gasteiger partial charge in [0.2, 0.25) is 0 Å². The minimum atomic E-state index is -0.605. The number of hydrogen-bond donors (Lipinski definition) is 0. The second kappa shape index (κ2) is 6.22. The van der Waals surface area contributed by atoms with E-state index in [9.17, 15) is 8.78 Å². The number of hydrogen-bond acceptors (Lipinski definition) is 1. The van der Waals surface area contributed by atoms with Crippen molar-refractivity contribution >= 4 is 31.9 Å². The van der Waals surface area contributed by atoms with Crippen LogP contribution >= 0.6 is 31.9 Å². The van der Waals surface area contributed by atoms with Crippen LogP contribution in [0.4, 0.5) is 8.78 Å². The highest BCUT2D eigenvalue weighted by atomic mass is 79.9. The Morgan fingerprint density at radius 1 is 0.800 bits per heavy atom. The molecule has 5 heteroatoms. The molecule has 0 aromatic heterocycles. The smallest absolute Gasteiger partial charge is 0.133 e. The van der Waals surface area contributed by atoms with Crippen molar-refractivity contribution in [2.45, 2.75) is 5.92 Å². The number of benzene rings is 3. The van der Waals surface area contributed by atoms with E-state index in [4.69, 9.17) is 4.74 Å². The molecule has 0 radical (unpaired) electrons. The Kier molecular flexibility index (Phi) is 4.16. The van der Waals surface area contributed by atoms with Crippen LogP contribution in [0.2, 0.25) is 0 Å². The second-order valence-electron chi connectivity index (χ2n) is 5.90. The third-order valence-electron chi connectivity index (χ3n) is 4.52. The zero-order valence-corrected chi connectivity index (χ0v) is 16.3. The lowest BCUT2D eigenvalue weighted by atomic mass is 9.88. The molecule has 3 aromatic rings. The lowest BCUT2D eigenvalue weighted by Crippen LogP contribution is -2.06. The SMILES string of the molecule is COc1cc(F)c(C2c3ccc(Br)cc3-c3cc(Br)ccc32)c(F)c1. The van der Waals surface area contributed by atoms with Gasteiger partial charge in [-0.3, -0.25) is 0 Å². The van der Waals surface area contributed by atoms with Gasteiger partial charge in [0.1, 0.15) is 17.4 Å². The zero-order valence-electron chi connectivity index (χ0n) is 13.1.